The third-order valence-electron chi connectivity index (χ3n) is 1.74. The molecular formula is C12H22O3. The Morgan fingerprint density at radius 3 is 2.20 bits per heavy atom. The molecule has 0 rings (SSSR count). The van der Waals surface area contributed by atoms with Crippen LogP contribution in [0.2, 0.25) is 0 Å². The fraction of sp³-hybridized carbons (Fsp3) is 0.583. The summed E-state index contributed by atoms with van der Waals surface area (Å²) in [5, 5.41) is 16.9. The highest BCUT2D eigenvalue weighted by Gasteiger charge is 2.03. The molecule has 0 aromatic carbocycles. The normalized spacial score (nSPS) is 13.9. The first-order valence-corrected chi connectivity index (χ1v) is 5.19. The molecule has 2 atom stereocenters. The average molecular weight is 214 g/mol. The van der Waals surface area contributed by atoms with Crippen LogP contribution in [0.3, 0.4) is 0 Å². The van der Waals surface area contributed by atoms with Crippen LogP contribution in [-0.4, -0.2) is 22.3 Å². The number of carbonyl (C=O) groups is 1. The largest absolute Gasteiger partial charge is 0.481 e. The van der Waals surface area contributed by atoms with E-state index in [4.69, 9.17) is 10.2 Å². The van der Waals surface area contributed by atoms with Crippen LogP contribution < -0.4 is 0 Å². The van der Waals surface area contributed by atoms with Crippen molar-refractivity contribution in [3.8, 4) is 0 Å². The van der Waals surface area contributed by atoms with E-state index in [-0.39, 0.29) is 12.0 Å². The Morgan fingerprint density at radius 2 is 2.00 bits per heavy atom. The van der Waals surface area contributed by atoms with Crippen LogP contribution in [0.4, 0.5) is 0 Å². The van der Waals surface area contributed by atoms with E-state index in [1.807, 2.05) is 19.9 Å². The van der Waals surface area contributed by atoms with Crippen molar-refractivity contribution < 1.29 is 15.0 Å². The molecule has 0 saturated carbocycles. The van der Waals surface area contributed by atoms with E-state index in [9.17, 15) is 4.79 Å². The van der Waals surface area contributed by atoms with Crippen molar-refractivity contribution in [2.75, 3.05) is 0 Å². The van der Waals surface area contributed by atoms with Crippen molar-refractivity contribution in [2.24, 2.45) is 5.92 Å². The Hall–Kier alpha value is -1.09. The maximum absolute atomic E-state index is 10.2. The Balaban J connectivity index is 0. The quantitative estimate of drug-likeness (QED) is 0.692. The molecule has 0 aliphatic heterocycles. The molecule has 0 aromatic rings. The van der Waals surface area contributed by atoms with Gasteiger partial charge in [0, 0.05) is 0 Å². The maximum atomic E-state index is 10.2. The molecule has 0 saturated heterocycles. The SMILES string of the molecule is C=CC(O)CC.CC/C=C/C(C)C(=O)O. The van der Waals surface area contributed by atoms with Gasteiger partial charge in [0.15, 0.2) is 0 Å². The smallest absolute Gasteiger partial charge is 0.310 e. The third kappa shape index (κ3) is 12.9. The van der Waals surface area contributed by atoms with Gasteiger partial charge < -0.3 is 10.2 Å². The number of aliphatic carboxylic acids is 1. The highest BCUT2D eigenvalue weighted by molar-refractivity contribution is 5.71. The second-order valence-electron chi connectivity index (χ2n) is 3.17. The van der Waals surface area contributed by atoms with Gasteiger partial charge in [0.05, 0.1) is 12.0 Å². The number of aliphatic hydroxyl groups is 1. The van der Waals surface area contributed by atoms with Gasteiger partial charge in [-0.2, -0.15) is 0 Å². The monoisotopic (exact) mass is 214 g/mol. The molecule has 3 nitrogen and oxygen atoms in total. The number of rotatable bonds is 5. The summed E-state index contributed by atoms with van der Waals surface area (Å²) in [5.41, 5.74) is 0. The zero-order valence-corrected chi connectivity index (χ0v) is 9.81. The molecule has 0 aliphatic rings. The fourth-order valence-corrected chi connectivity index (χ4v) is 0.589. The van der Waals surface area contributed by atoms with E-state index < -0.39 is 5.97 Å². The molecule has 15 heavy (non-hydrogen) atoms. The molecule has 2 unspecified atom stereocenters. The van der Waals surface area contributed by atoms with Gasteiger partial charge in [-0.25, -0.2) is 0 Å². The molecule has 0 heterocycles. The van der Waals surface area contributed by atoms with Crippen LogP contribution in [0, 0.1) is 5.92 Å². The van der Waals surface area contributed by atoms with Crippen molar-refractivity contribution in [3.05, 3.63) is 24.8 Å². The first-order chi connectivity index (χ1) is 6.99. The lowest BCUT2D eigenvalue weighted by atomic mass is 10.1. The molecule has 0 amide bonds. The molecule has 0 radical (unpaired) electrons. The van der Waals surface area contributed by atoms with Crippen molar-refractivity contribution in [3.63, 3.8) is 0 Å². The van der Waals surface area contributed by atoms with E-state index in [1.54, 1.807) is 13.0 Å². The van der Waals surface area contributed by atoms with Crippen molar-refractivity contribution in [2.45, 2.75) is 39.7 Å². The zero-order chi connectivity index (χ0) is 12.3. The topological polar surface area (TPSA) is 57.5 Å². The Labute approximate surface area is 92.1 Å². The van der Waals surface area contributed by atoms with Crippen LogP contribution in [0.15, 0.2) is 24.8 Å². The second kappa shape index (κ2) is 11.0. The highest BCUT2D eigenvalue weighted by Crippen LogP contribution is 1.96. The molecule has 3 heteroatoms. The van der Waals surface area contributed by atoms with Crippen molar-refractivity contribution >= 4 is 5.97 Å². The Kier molecular flexibility index (Phi) is 12.0. The predicted molar refractivity (Wildman–Crippen MR) is 62.7 cm³/mol. The lowest BCUT2D eigenvalue weighted by Crippen LogP contribution is -2.05. The minimum atomic E-state index is -0.764. The summed E-state index contributed by atoms with van der Waals surface area (Å²) < 4.78 is 0. The number of hydrogen-bond acceptors (Lipinski definition) is 2. The van der Waals surface area contributed by atoms with Crippen LogP contribution in [0.1, 0.15) is 33.6 Å². The van der Waals surface area contributed by atoms with Gasteiger partial charge in [-0.15, -0.1) is 6.58 Å². The van der Waals surface area contributed by atoms with Gasteiger partial charge >= 0.3 is 5.97 Å². The van der Waals surface area contributed by atoms with E-state index in [0.717, 1.165) is 12.8 Å². The Morgan fingerprint density at radius 1 is 1.47 bits per heavy atom. The molecule has 0 spiro atoms. The summed E-state index contributed by atoms with van der Waals surface area (Å²) in [6, 6.07) is 0. The van der Waals surface area contributed by atoms with Gasteiger partial charge in [-0.3, -0.25) is 4.79 Å². The highest BCUT2D eigenvalue weighted by atomic mass is 16.4. The van der Waals surface area contributed by atoms with Crippen LogP contribution >= 0.6 is 0 Å². The average Bonchev–Trinajstić information content (AvgIpc) is 2.25. The van der Waals surface area contributed by atoms with E-state index in [2.05, 4.69) is 6.58 Å². The molecule has 88 valence electrons. The third-order valence-corrected chi connectivity index (χ3v) is 1.74. The van der Waals surface area contributed by atoms with Crippen LogP contribution in [0.25, 0.3) is 0 Å². The molecule has 2 N–H and O–H groups in total. The Bertz CT molecular complexity index is 197. The van der Waals surface area contributed by atoms with E-state index in [1.165, 1.54) is 6.08 Å². The molecule has 0 aliphatic carbocycles. The number of aliphatic hydroxyl groups excluding tert-OH is 1. The number of allylic oxidation sites excluding steroid dienone is 1. The summed E-state index contributed by atoms with van der Waals surface area (Å²) >= 11 is 0. The van der Waals surface area contributed by atoms with Crippen LogP contribution in [0.5, 0.6) is 0 Å². The lowest BCUT2D eigenvalue weighted by Gasteiger charge is -1.94. The second-order valence-corrected chi connectivity index (χ2v) is 3.17. The molecule has 0 bridgehead atoms. The predicted octanol–water partition coefficient (Wildman–Crippen LogP) is 2.62. The maximum Gasteiger partial charge on any atom is 0.310 e. The van der Waals surface area contributed by atoms with Gasteiger partial charge in [0.25, 0.3) is 0 Å². The van der Waals surface area contributed by atoms with Gasteiger partial charge in [0.2, 0.25) is 0 Å². The first kappa shape index (κ1) is 16.3. The standard InChI is InChI=1S/C7H12O2.C5H10O/c1-3-4-5-6(2)7(8)9;1-3-5(6)4-2/h4-6H,3H2,1-2H3,(H,8,9);3,5-6H,1,4H2,2H3/b5-4+;. The van der Waals surface area contributed by atoms with Crippen molar-refractivity contribution in [1.82, 2.24) is 0 Å². The molecule has 0 aromatic heterocycles. The first-order valence-electron chi connectivity index (χ1n) is 5.19. The van der Waals surface area contributed by atoms with Gasteiger partial charge in [0.1, 0.15) is 0 Å². The number of carboxylic acids is 1. The molecule has 0 fully saturated rings. The molecular weight excluding hydrogens is 192 g/mol. The van der Waals surface area contributed by atoms with E-state index >= 15 is 0 Å². The minimum Gasteiger partial charge on any atom is -0.481 e. The number of hydrogen-bond donors (Lipinski definition) is 2. The lowest BCUT2D eigenvalue weighted by molar-refractivity contribution is -0.139. The van der Waals surface area contributed by atoms with Crippen LogP contribution in [-0.2, 0) is 4.79 Å². The summed E-state index contributed by atoms with van der Waals surface area (Å²) in [6.45, 7) is 8.93. The van der Waals surface area contributed by atoms with E-state index in [0.29, 0.717) is 0 Å². The van der Waals surface area contributed by atoms with Gasteiger partial charge in [-0.1, -0.05) is 32.1 Å². The number of carboxylic acid groups (broad SMARTS) is 1. The van der Waals surface area contributed by atoms with Crippen molar-refractivity contribution in [1.29, 1.82) is 0 Å². The summed E-state index contributed by atoms with van der Waals surface area (Å²) in [7, 11) is 0. The minimum absolute atomic E-state index is 0.301. The zero-order valence-electron chi connectivity index (χ0n) is 9.81. The van der Waals surface area contributed by atoms with Gasteiger partial charge in [-0.05, 0) is 19.8 Å². The summed E-state index contributed by atoms with van der Waals surface area (Å²) in [6.07, 6.45) is 6.45. The fourth-order valence-electron chi connectivity index (χ4n) is 0.589. The summed E-state index contributed by atoms with van der Waals surface area (Å²) in [5.74, 6) is -1.11. The summed E-state index contributed by atoms with van der Waals surface area (Å²) in [4.78, 5) is 10.2.